The Morgan fingerprint density at radius 1 is 1.26 bits per heavy atom. The van der Waals surface area contributed by atoms with Crippen LogP contribution in [-0.4, -0.2) is 29.9 Å². The Kier molecular flexibility index (Phi) is 5.59. The van der Waals surface area contributed by atoms with Crippen molar-refractivity contribution in [3.63, 3.8) is 0 Å². The molecule has 0 spiro atoms. The van der Waals surface area contributed by atoms with Crippen molar-refractivity contribution in [2.24, 2.45) is 0 Å². The van der Waals surface area contributed by atoms with Gasteiger partial charge in [-0.1, -0.05) is 45.0 Å². The molecule has 0 saturated carbocycles. The highest BCUT2D eigenvalue weighted by Gasteiger charge is 2.31. The highest BCUT2D eigenvalue weighted by atomic mass is 16.2. The normalized spacial score (nSPS) is 14.8. The van der Waals surface area contributed by atoms with Gasteiger partial charge in [0.05, 0.1) is 6.54 Å². The molecule has 23 heavy (non-hydrogen) atoms. The molecule has 0 fully saturated rings. The smallest absolute Gasteiger partial charge is 0.324 e. The monoisotopic (exact) mass is 314 g/mol. The zero-order valence-corrected chi connectivity index (χ0v) is 14.5. The summed E-state index contributed by atoms with van der Waals surface area (Å²) >= 11 is 0. The van der Waals surface area contributed by atoms with Crippen LogP contribution in [0.15, 0.2) is 35.4 Å². The molecule has 0 unspecified atom stereocenters. The minimum absolute atomic E-state index is 0.149. The summed E-state index contributed by atoms with van der Waals surface area (Å²) in [5, 5.41) is 2.85. The van der Waals surface area contributed by atoms with E-state index in [1.165, 1.54) is 16.0 Å². The van der Waals surface area contributed by atoms with Gasteiger partial charge < -0.3 is 5.32 Å². The zero-order valence-electron chi connectivity index (χ0n) is 14.5. The van der Waals surface area contributed by atoms with E-state index in [4.69, 9.17) is 0 Å². The van der Waals surface area contributed by atoms with Gasteiger partial charge in [-0.25, -0.2) is 4.79 Å². The summed E-state index contributed by atoms with van der Waals surface area (Å²) in [7, 11) is 0. The van der Waals surface area contributed by atoms with Crippen molar-refractivity contribution >= 4 is 11.9 Å². The molecule has 3 amide bonds. The molecule has 4 heteroatoms. The number of nitrogens with zero attached hydrogens (tertiary/aromatic N) is 1. The number of amides is 3. The van der Waals surface area contributed by atoms with Crippen LogP contribution in [0.3, 0.4) is 0 Å². The molecule has 2 rings (SSSR count). The predicted octanol–water partition coefficient (Wildman–Crippen LogP) is 3.63. The first kappa shape index (κ1) is 17.3. The van der Waals surface area contributed by atoms with Crippen LogP contribution < -0.4 is 5.32 Å². The van der Waals surface area contributed by atoms with E-state index in [0.717, 1.165) is 17.6 Å². The molecule has 4 nitrogen and oxygen atoms in total. The number of hydrogen-bond acceptors (Lipinski definition) is 2. The SMILES string of the molecule is CCC1=C(C)CN(C(=O)NCCc2ccc(C(C)C)cc2)C1=O. The number of imide groups is 1. The molecule has 1 aromatic carbocycles. The molecule has 0 radical (unpaired) electrons. The van der Waals surface area contributed by atoms with Gasteiger partial charge in [-0.3, -0.25) is 9.69 Å². The van der Waals surface area contributed by atoms with Crippen LogP contribution in [0.25, 0.3) is 0 Å². The van der Waals surface area contributed by atoms with Gasteiger partial charge in [0, 0.05) is 12.1 Å². The van der Waals surface area contributed by atoms with E-state index in [-0.39, 0.29) is 11.9 Å². The average molecular weight is 314 g/mol. The molecular weight excluding hydrogens is 288 g/mol. The van der Waals surface area contributed by atoms with Crippen molar-refractivity contribution in [2.75, 3.05) is 13.1 Å². The fourth-order valence-electron chi connectivity index (χ4n) is 2.85. The predicted molar refractivity (Wildman–Crippen MR) is 92.3 cm³/mol. The first-order chi connectivity index (χ1) is 10.9. The molecule has 0 saturated heterocycles. The Hall–Kier alpha value is -2.10. The number of hydrogen-bond donors (Lipinski definition) is 1. The van der Waals surface area contributed by atoms with Crippen molar-refractivity contribution in [3.05, 3.63) is 46.5 Å². The lowest BCUT2D eigenvalue weighted by atomic mass is 10.0. The van der Waals surface area contributed by atoms with Gasteiger partial charge in [-0.2, -0.15) is 0 Å². The van der Waals surface area contributed by atoms with Gasteiger partial charge >= 0.3 is 6.03 Å². The Morgan fingerprint density at radius 2 is 1.91 bits per heavy atom. The summed E-state index contributed by atoms with van der Waals surface area (Å²) in [6, 6.07) is 8.17. The van der Waals surface area contributed by atoms with Crippen molar-refractivity contribution in [1.29, 1.82) is 0 Å². The van der Waals surface area contributed by atoms with Gasteiger partial charge in [0.2, 0.25) is 0 Å². The quantitative estimate of drug-likeness (QED) is 0.902. The molecule has 0 bridgehead atoms. The molecule has 1 aliphatic heterocycles. The van der Waals surface area contributed by atoms with E-state index < -0.39 is 0 Å². The third-order valence-electron chi connectivity index (χ3n) is 4.35. The van der Waals surface area contributed by atoms with Crippen LogP contribution in [0.4, 0.5) is 4.79 Å². The maximum Gasteiger partial charge on any atom is 0.324 e. The summed E-state index contributed by atoms with van der Waals surface area (Å²) < 4.78 is 0. The van der Waals surface area contributed by atoms with Gasteiger partial charge in [-0.05, 0) is 42.4 Å². The maximum absolute atomic E-state index is 12.2. The van der Waals surface area contributed by atoms with Crippen molar-refractivity contribution < 1.29 is 9.59 Å². The Balaban J connectivity index is 1.83. The minimum Gasteiger partial charge on any atom is -0.337 e. The van der Waals surface area contributed by atoms with Crippen LogP contribution in [0.5, 0.6) is 0 Å². The van der Waals surface area contributed by atoms with Crippen LogP contribution in [-0.2, 0) is 11.2 Å². The van der Waals surface area contributed by atoms with Gasteiger partial charge in [0.15, 0.2) is 0 Å². The van der Waals surface area contributed by atoms with E-state index in [0.29, 0.717) is 25.4 Å². The second-order valence-electron chi connectivity index (χ2n) is 6.38. The summed E-state index contributed by atoms with van der Waals surface area (Å²) in [4.78, 5) is 25.6. The molecule has 0 atom stereocenters. The number of benzene rings is 1. The van der Waals surface area contributed by atoms with Crippen LogP contribution in [0.2, 0.25) is 0 Å². The van der Waals surface area contributed by atoms with Gasteiger partial charge in [0.1, 0.15) is 0 Å². The molecule has 0 aliphatic carbocycles. The number of carbonyl (C=O) groups is 2. The molecule has 1 aliphatic rings. The highest BCUT2D eigenvalue weighted by molar-refractivity contribution is 6.06. The van der Waals surface area contributed by atoms with Gasteiger partial charge in [-0.15, -0.1) is 0 Å². The number of carbonyl (C=O) groups excluding carboxylic acids is 2. The Bertz CT molecular complexity index is 615. The third-order valence-corrected chi connectivity index (χ3v) is 4.35. The number of nitrogens with one attached hydrogen (secondary N) is 1. The average Bonchev–Trinajstić information content (AvgIpc) is 2.82. The fraction of sp³-hybridized carbons (Fsp3) is 0.474. The topological polar surface area (TPSA) is 49.4 Å². The van der Waals surface area contributed by atoms with E-state index in [9.17, 15) is 9.59 Å². The lowest BCUT2D eigenvalue weighted by Crippen LogP contribution is -2.42. The molecule has 124 valence electrons. The summed E-state index contributed by atoms with van der Waals surface area (Å²) in [6.07, 6.45) is 1.44. The van der Waals surface area contributed by atoms with E-state index >= 15 is 0 Å². The van der Waals surface area contributed by atoms with Crippen LogP contribution in [0, 0.1) is 0 Å². The first-order valence-electron chi connectivity index (χ1n) is 8.31. The summed E-state index contributed by atoms with van der Waals surface area (Å²) in [6.45, 7) is 9.14. The standard InChI is InChI=1S/C19H26N2O2/c1-5-17-14(4)12-21(18(17)22)19(23)20-11-10-15-6-8-16(9-7-15)13(2)3/h6-9,13H,5,10-12H2,1-4H3,(H,20,23). The van der Waals surface area contributed by atoms with Gasteiger partial charge in [0.25, 0.3) is 5.91 Å². The Morgan fingerprint density at radius 3 is 2.43 bits per heavy atom. The maximum atomic E-state index is 12.2. The van der Waals surface area contributed by atoms with Crippen LogP contribution >= 0.6 is 0 Å². The minimum atomic E-state index is -0.295. The molecular formula is C19H26N2O2. The zero-order chi connectivity index (χ0) is 17.0. The van der Waals surface area contributed by atoms with E-state index in [1.807, 2.05) is 13.8 Å². The largest absolute Gasteiger partial charge is 0.337 e. The van der Waals surface area contributed by atoms with E-state index in [1.54, 1.807) is 0 Å². The molecule has 1 heterocycles. The molecule has 1 N–H and O–H groups in total. The van der Waals surface area contributed by atoms with Crippen molar-refractivity contribution in [1.82, 2.24) is 10.2 Å². The Labute approximate surface area is 138 Å². The van der Waals surface area contributed by atoms with Crippen molar-refractivity contribution in [2.45, 2.75) is 46.5 Å². The first-order valence-corrected chi connectivity index (χ1v) is 8.31. The third kappa shape index (κ3) is 4.01. The lowest BCUT2D eigenvalue weighted by molar-refractivity contribution is -0.123. The highest BCUT2D eigenvalue weighted by Crippen LogP contribution is 2.21. The summed E-state index contributed by atoms with van der Waals surface area (Å²) in [5.74, 6) is 0.372. The second-order valence-corrected chi connectivity index (χ2v) is 6.38. The second kappa shape index (κ2) is 7.44. The van der Waals surface area contributed by atoms with Crippen LogP contribution in [0.1, 0.15) is 51.2 Å². The van der Waals surface area contributed by atoms with E-state index in [2.05, 4.69) is 43.4 Å². The molecule has 1 aromatic rings. The number of rotatable bonds is 5. The summed E-state index contributed by atoms with van der Waals surface area (Å²) in [5.41, 5.74) is 4.27. The fourth-order valence-corrected chi connectivity index (χ4v) is 2.85. The lowest BCUT2D eigenvalue weighted by Gasteiger charge is -2.16. The molecule has 0 aromatic heterocycles. The number of urea groups is 1. The van der Waals surface area contributed by atoms with Crippen molar-refractivity contribution in [3.8, 4) is 0 Å².